The molecule has 2 atom stereocenters. The second-order valence-electron chi connectivity index (χ2n) is 7.78. The Morgan fingerprint density at radius 2 is 2.00 bits per heavy atom. The molecule has 0 spiro atoms. The first-order valence-corrected chi connectivity index (χ1v) is 11.6. The van der Waals surface area contributed by atoms with E-state index in [1.165, 1.54) is 27.8 Å². The van der Waals surface area contributed by atoms with Gasteiger partial charge in [0.15, 0.2) is 6.54 Å². The van der Waals surface area contributed by atoms with Crippen LogP contribution in [0.25, 0.3) is 0 Å². The average molecular weight is 415 g/mol. The zero-order valence-corrected chi connectivity index (χ0v) is 17.4. The molecular formula is C19H29ClN3O3S+. The smallest absolute Gasteiger partial charge is 0.279 e. The first kappa shape index (κ1) is 20.6. The molecule has 0 radical (unpaired) electrons. The highest BCUT2D eigenvalue weighted by atomic mass is 35.5. The Kier molecular flexibility index (Phi) is 6.78. The summed E-state index contributed by atoms with van der Waals surface area (Å²) < 4.78 is 27.2. The lowest BCUT2D eigenvalue weighted by molar-refractivity contribution is -0.900. The van der Waals surface area contributed by atoms with E-state index < -0.39 is 10.0 Å². The van der Waals surface area contributed by atoms with Crippen LogP contribution in [0.2, 0.25) is 5.02 Å². The molecule has 1 amide bonds. The van der Waals surface area contributed by atoms with Gasteiger partial charge < -0.3 is 10.2 Å². The van der Waals surface area contributed by atoms with Crippen LogP contribution in [-0.4, -0.2) is 51.4 Å². The molecule has 1 aromatic rings. The monoisotopic (exact) mass is 414 g/mol. The molecule has 0 bridgehead atoms. The third-order valence-electron chi connectivity index (χ3n) is 5.44. The number of piperidine rings is 2. The minimum atomic E-state index is -3.55. The summed E-state index contributed by atoms with van der Waals surface area (Å²) in [5.41, 5.74) is 0.365. The van der Waals surface area contributed by atoms with Gasteiger partial charge in [0, 0.05) is 19.0 Å². The van der Waals surface area contributed by atoms with E-state index in [4.69, 9.17) is 11.6 Å². The van der Waals surface area contributed by atoms with Gasteiger partial charge in [-0.05, 0) is 43.9 Å². The van der Waals surface area contributed by atoms with Gasteiger partial charge in [-0.3, -0.25) is 4.79 Å². The number of anilines is 1. The quantitative estimate of drug-likeness (QED) is 0.771. The van der Waals surface area contributed by atoms with E-state index in [1.54, 1.807) is 6.07 Å². The van der Waals surface area contributed by atoms with Crippen LogP contribution >= 0.6 is 11.6 Å². The number of halogens is 1. The highest BCUT2D eigenvalue weighted by Crippen LogP contribution is 2.28. The first-order valence-electron chi connectivity index (χ1n) is 9.79. The summed E-state index contributed by atoms with van der Waals surface area (Å²) >= 11 is 6.21. The van der Waals surface area contributed by atoms with Gasteiger partial charge in [-0.2, -0.15) is 4.31 Å². The van der Waals surface area contributed by atoms with E-state index in [2.05, 4.69) is 12.2 Å². The number of sulfonamides is 1. The molecular weight excluding hydrogens is 386 g/mol. The second kappa shape index (κ2) is 8.90. The molecule has 2 N–H and O–H groups in total. The van der Waals surface area contributed by atoms with E-state index >= 15 is 0 Å². The van der Waals surface area contributed by atoms with Crippen LogP contribution in [0.15, 0.2) is 23.1 Å². The van der Waals surface area contributed by atoms with Gasteiger partial charge in [0.1, 0.15) is 0 Å². The Labute approximate surface area is 166 Å². The van der Waals surface area contributed by atoms with Crippen molar-refractivity contribution in [3.05, 3.63) is 23.2 Å². The Balaban J connectivity index is 1.70. The maximum atomic E-state index is 12.9. The zero-order valence-electron chi connectivity index (χ0n) is 15.8. The first-order chi connectivity index (χ1) is 12.9. The number of hydrogen-bond donors (Lipinski definition) is 2. The van der Waals surface area contributed by atoms with E-state index in [0.717, 1.165) is 38.8 Å². The van der Waals surface area contributed by atoms with Gasteiger partial charge in [-0.1, -0.05) is 24.9 Å². The molecule has 2 heterocycles. The van der Waals surface area contributed by atoms with Crippen molar-refractivity contribution in [2.75, 3.05) is 38.0 Å². The van der Waals surface area contributed by atoms with Crippen LogP contribution < -0.4 is 10.2 Å². The van der Waals surface area contributed by atoms with Crippen molar-refractivity contribution in [2.45, 2.75) is 43.9 Å². The van der Waals surface area contributed by atoms with E-state index in [1.807, 2.05) is 0 Å². The maximum absolute atomic E-state index is 12.9. The van der Waals surface area contributed by atoms with Crippen LogP contribution in [0.1, 0.15) is 39.0 Å². The van der Waals surface area contributed by atoms with Crippen LogP contribution in [0.3, 0.4) is 0 Å². The van der Waals surface area contributed by atoms with Gasteiger partial charge in [0.05, 0.1) is 28.7 Å². The molecule has 0 aromatic heterocycles. The molecule has 1 aromatic carbocycles. The Bertz CT molecular complexity index is 778. The molecule has 2 fully saturated rings. The van der Waals surface area contributed by atoms with Gasteiger partial charge in [-0.15, -0.1) is 0 Å². The fourth-order valence-corrected chi connectivity index (χ4v) is 5.70. The van der Waals surface area contributed by atoms with Crippen molar-refractivity contribution in [1.29, 1.82) is 0 Å². The summed E-state index contributed by atoms with van der Waals surface area (Å²) in [7, 11) is -3.55. The topological polar surface area (TPSA) is 70.9 Å². The summed E-state index contributed by atoms with van der Waals surface area (Å²) in [6.07, 6.45) is 5.17. The van der Waals surface area contributed by atoms with E-state index in [0.29, 0.717) is 36.3 Å². The molecule has 8 heteroatoms. The lowest BCUT2D eigenvalue weighted by Crippen LogP contribution is -3.14. The number of rotatable bonds is 5. The van der Waals surface area contributed by atoms with Crippen LogP contribution in [0.5, 0.6) is 0 Å². The summed E-state index contributed by atoms with van der Waals surface area (Å²) in [5, 5.41) is 3.16. The maximum Gasteiger partial charge on any atom is 0.279 e. The summed E-state index contributed by atoms with van der Waals surface area (Å²) in [4.78, 5) is 13.9. The number of benzene rings is 1. The number of nitrogens with one attached hydrogen (secondary N) is 2. The molecule has 150 valence electrons. The molecule has 27 heavy (non-hydrogen) atoms. The third kappa shape index (κ3) is 5.22. The number of carbonyl (C=O) groups excluding carboxylic acids is 1. The van der Waals surface area contributed by atoms with Gasteiger partial charge >= 0.3 is 0 Å². The lowest BCUT2D eigenvalue weighted by Gasteiger charge is -2.27. The standard InChI is InChI=1S/C19H28ClN3O3S/c1-15-6-5-9-22(13-15)14-19(24)21-18-12-16(7-8-17(18)20)27(25,26)23-10-3-2-4-11-23/h7-8,12,15H,2-6,9-11,13-14H2,1H3,(H,21,24)/p+1/t15-/m0/s1. The lowest BCUT2D eigenvalue weighted by atomic mass is 10.0. The van der Waals surface area contributed by atoms with Crippen molar-refractivity contribution in [3.8, 4) is 0 Å². The number of hydrogen-bond acceptors (Lipinski definition) is 3. The number of likely N-dealkylation sites (tertiary alicyclic amines) is 1. The summed E-state index contributed by atoms with van der Waals surface area (Å²) in [5.74, 6) is 0.497. The second-order valence-corrected chi connectivity index (χ2v) is 10.1. The minimum absolute atomic E-state index is 0.131. The molecule has 0 saturated carbocycles. The molecule has 3 rings (SSSR count). The Hall–Kier alpha value is -1.15. The summed E-state index contributed by atoms with van der Waals surface area (Å²) in [6, 6.07) is 4.54. The SMILES string of the molecule is C[C@H]1CCC[NH+](CC(=O)Nc2cc(S(=O)(=O)N3CCCCC3)ccc2Cl)C1. The average Bonchev–Trinajstić information content (AvgIpc) is 2.64. The largest absolute Gasteiger partial charge is 0.327 e. The van der Waals surface area contributed by atoms with Crippen LogP contribution in [0.4, 0.5) is 5.69 Å². The molecule has 2 aliphatic heterocycles. The van der Waals surface area contributed by atoms with Gasteiger partial charge in [0.25, 0.3) is 5.91 Å². The highest BCUT2D eigenvalue weighted by Gasteiger charge is 2.27. The number of amides is 1. The number of carbonyl (C=O) groups is 1. The fraction of sp³-hybridized carbons (Fsp3) is 0.632. The number of nitrogens with zero attached hydrogens (tertiary/aromatic N) is 1. The molecule has 0 aliphatic carbocycles. The highest BCUT2D eigenvalue weighted by molar-refractivity contribution is 7.89. The molecule has 2 saturated heterocycles. The Morgan fingerprint density at radius 1 is 1.26 bits per heavy atom. The molecule has 6 nitrogen and oxygen atoms in total. The van der Waals surface area contributed by atoms with Crippen LogP contribution in [-0.2, 0) is 14.8 Å². The van der Waals surface area contributed by atoms with Crippen molar-refractivity contribution < 1.29 is 18.1 Å². The summed E-state index contributed by atoms with van der Waals surface area (Å²) in [6.45, 7) is 5.67. The normalized spacial score (nSPS) is 24.5. The van der Waals surface area contributed by atoms with Crippen molar-refractivity contribution >= 4 is 33.2 Å². The minimum Gasteiger partial charge on any atom is -0.327 e. The molecule has 1 unspecified atom stereocenters. The predicted molar refractivity (Wildman–Crippen MR) is 107 cm³/mol. The van der Waals surface area contributed by atoms with Crippen molar-refractivity contribution in [2.24, 2.45) is 5.92 Å². The fourth-order valence-electron chi connectivity index (χ4n) is 3.99. The van der Waals surface area contributed by atoms with Crippen LogP contribution in [0, 0.1) is 5.92 Å². The third-order valence-corrected chi connectivity index (χ3v) is 7.66. The van der Waals surface area contributed by atoms with Crippen molar-refractivity contribution in [3.63, 3.8) is 0 Å². The molecule has 2 aliphatic rings. The van der Waals surface area contributed by atoms with E-state index in [9.17, 15) is 13.2 Å². The Morgan fingerprint density at radius 3 is 2.70 bits per heavy atom. The zero-order chi connectivity index (χ0) is 19.4. The predicted octanol–water partition coefficient (Wildman–Crippen LogP) is 1.77. The van der Waals surface area contributed by atoms with Gasteiger partial charge in [-0.25, -0.2) is 8.42 Å². The van der Waals surface area contributed by atoms with Crippen molar-refractivity contribution in [1.82, 2.24) is 4.31 Å². The van der Waals surface area contributed by atoms with Gasteiger partial charge in [0.2, 0.25) is 10.0 Å². The van der Waals surface area contributed by atoms with E-state index in [-0.39, 0.29) is 10.8 Å². The number of quaternary nitrogens is 1.